The van der Waals surface area contributed by atoms with Crippen molar-refractivity contribution in [3.63, 3.8) is 0 Å². The largest absolute Gasteiger partial charge is 0.463 e. The molecule has 7 heteroatoms. The maximum absolute atomic E-state index is 11.3. The van der Waals surface area contributed by atoms with Crippen LogP contribution in [0, 0.1) is 10.1 Å². The van der Waals surface area contributed by atoms with Crippen LogP contribution < -0.4 is 0 Å². The summed E-state index contributed by atoms with van der Waals surface area (Å²) >= 11 is 0. The van der Waals surface area contributed by atoms with E-state index in [2.05, 4.69) is 4.98 Å². The third-order valence-electron chi connectivity index (χ3n) is 2.66. The molecule has 1 aromatic heterocycles. The van der Waals surface area contributed by atoms with Crippen molar-refractivity contribution in [2.75, 3.05) is 6.61 Å². The van der Waals surface area contributed by atoms with E-state index in [1.54, 1.807) is 31.3 Å². The van der Waals surface area contributed by atoms with Gasteiger partial charge in [-0.25, -0.2) is 9.78 Å². The molecule has 2 rings (SSSR count). The highest BCUT2D eigenvalue weighted by Gasteiger charge is 2.15. The van der Waals surface area contributed by atoms with Crippen molar-refractivity contribution in [3.8, 4) is 5.69 Å². The third kappa shape index (κ3) is 3.33. The van der Waals surface area contributed by atoms with Crippen molar-refractivity contribution in [1.29, 1.82) is 0 Å². The number of hydrogen-bond acceptors (Lipinski definition) is 5. The monoisotopic (exact) mass is 287 g/mol. The average molecular weight is 287 g/mol. The number of hydrogen-bond donors (Lipinski definition) is 0. The smallest absolute Gasteiger partial charge is 0.330 e. The van der Waals surface area contributed by atoms with Crippen LogP contribution in [0.25, 0.3) is 11.8 Å². The average Bonchev–Trinajstić information content (AvgIpc) is 2.93. The standard InChI is InChI=1S/C14H13N3O4/c1-2-21-14(18)8-7-13-15-9-10-16(13)11-5-3-4-6-12(11)17(19)20/h3-10H,2H2,1H3/b8-7+. The maximum atomic E-state index is 11.3. The summed E-state index contributed by atoms with van der Waals surface area (Å²) in [7, 11) is 0. The SMILES string of the molecule is CCOC(=O)/C=C/c1nccn1-c1ccccc1[N+](=O)[O-]. The zero-order chi connectivity index (χ0) is 15.2. The third-order valence-corrected chi connectivity index (χ3v) is 2.66. The Morgan fingerprint density at radius 3 is 2.95 bits per heavy atom. The fourth-order valence-electron chi connectivity index (χ4n) is 1.80. The second-order valence-electron chi connectivity index (χ2n) is 3.99. The number of para-hydroxylation sites is 2. The summed E-state index contributed by atoms with van der Waals surface area (Å²) in [5.41, 5.74) is 0.338. The van der Waals surface area contributed by atoms with Gasteiger partial charge < -0.3 is 4.74 Å². The lowest BCUT2D eigenvalue weighted by molar-refractivity contribution is -0.384. The van der Waals surface area contributed by atoms with Gasteiger partial charge in [0.1, 0.15) is 11.5 Å². The molecule has 0 aliphatic carbocycles. The molecule has 21 heavy (non-hydrogen) atoms. The lowest BCUT2D eigenvalue weighted by atomic mass is 10.2. The van der Waals surface area contributed by atoms with Gasteiger partial charge in [0, 0.05) is 24.5 Å². The van der Waals surface area contributed by atoms with Crippen LogP contribution in [-0.2, 0) is 9.53 Å². The van der Waals surface area contributed by atoms with E-state index in [1.807, 2.05) is 0 Å². The van der Waals surface area contributed by atoms with Crippen molar-refractivity contribution in [3.05, 3.63) is 58.7 Å². The number of benzene rings is 1. The Morgan fingerprint density at radius 1 is 1.48 bits per heavy atom. The van der Waals surface area contributed by atoms with Crippen molar-refractivity contribution >= 4 is 17.7 Å². The first kappa shape index (κ1) is 14.4. The summed E-state index contributed by atoms with van der Waals surface area (Å²) in [5.74, 6) is -0.0908. The summed E-state index contributed by atoms with van der Waals surface area (Å²) in [6, 6.07) is 6.31. The van der Waals surface area contributed by atoms with E-state index in [9.17, 15) is 14.9 Å². The van der Waals surface area contributed by atoms with E-state index in [0.29, 0.717) is 11.5 Å². The molecular formula is C14H13N3O4. The minimum absolute atomic E-state index is 0.0405. The number of carbonyl (C=O) groups is 1. The molecule has 1 heterocycles. The molecule has 0 amide bonds. The van der Waals surface area contributed by atoms with Gasteiger partial charge in [-0.15, -0.1) is 0 Å². The number of nitrogens with zero attached hydrogens (tertiary/aromatic N) is 3. The summed E-state index contributed by atoms with van der Waals surface area (Å²) in [6.45, 7) is 1.99. The number of ether oxygens (including phenoxy) is 1. The van der Waals surface area contributed by atoms with E-state index in [4.69, 9.17) is 4.74 Å². The van der Waals surface area contributed by atoms with Crippen molar-refractivity contribution < 1.29 is 14.5 Å². The molecule has 0 saturated heterocycles. The highest BCUT2D eigenvalue weighted by Crippen LogP contribution is 2.23. The molecule has 1 aromatic carbocycles. The van der Waals surface area contributed by atoms with E-state index >= 15 is 0 Å². The molecule has 0 bridgehead atoms. The molecule has 0 aliphatic rings. The molecule has 2 aromatic rings. The fourth-order valence-corrected chi connectivity index (χ4v) is 1.80. The summed E-state index contributed by atoms with van der Waals surface area (Å²) < 4.78 is 6.31. The number of aromatic nitrogens is 2. The van der Waals surface area contributed by atoms with Crippen LogP contribution in [0.15, 0.2) is 42.7 Å². The zero-order valence-corrected chi connectivity index (χ0v) is 11.3. The molecule has 0 saturated carbocycles. The van der Waals surface area contributed by atoms with Gasteiger partial charge in [-0.1, -0.05) is 12.1 Å². The Morgan fingerprint density at radius 2 is 2.24 bits per heavy atom. The van der Waals surface area contributed by atoms with Gasteiger partial charge >= 0.3 is 5.97 Å². The Labute approximate surface area is 120 Å². The van der Waals surface area contributed by atoms with Gasteiger partial charge in [-0.3, -0.25) is 14.7 Å². The Balaban J connectivity index is 2.37. The molecule has 0 unspecified atom stereocenters. The Bertz CT molecular complexity index is 691. The number of nitro benzene ring substituents is 1. The van der Waals surface area contributed by atoms with Crippen LogP contribution in [0.5, 0.6) is 0 Å². The minimum atomic E-state index is -0.491. The van der Waals surface area contributed by atoms with E-state index in [0.717, 1.165) is 0 Å². The lowest BCUT2D eigenvalue weighted by Crippen LogP contribution is -2.02. The fraction of sp³-hybridized carbons (Fsp3) is 0.143. The van der Waals surface area contributed by atoms with Crippen LogP contribution in [0.4, 0.5) is 5.69 Å². The Hall–Kier alpha value is -2.96. The molecule has 0 radical (unpaired) electrons. The van der Waals surface area contributed by atoms with Gasteiger partial charge in [0.25, 0.3) is 5.69 Å². The molecule has 0 atom stereocenters. The summed E-state index contributed by atoms with van der Waals surface area (Å²) in [6.07, 6.45) is 5.78. The zero-order valence-electron chi connectivity index (χ0n) is 11.3. The number of rotatable bonds is 5. The topological polar surface area (TPSA) is 87.3 Å². The van der Waals surface area contributed by atoms with Crippen molar-refractivity contribution in [1.82, 2.24) is 9.55 Å². The van der Waals surface area contributed by atoms with Crippen LogP contribution >= 0.6 is 0 Å². The molecule has 0 N–H and O–H groups in total. The number of esters is 1. The molecule has 0 fully saturated rings. The minimum Gasteiger partial charge on any atom is -0.463 e. The molecular weight excluding hydrogens is 274 g/mol. The normalized spacial score (nSPS) is 10.7. The van der Waals surface area contributed by atoms with E-state index in [-0.39, 0.29) is 12.3 Å². The van der Waals surface area contributed by atoms with Gasteiger partial charge in [0.05, 0.1) is 11.5 Å². The maximum Gasteiger partial charge on any atom is 0.330 e. The molecule has 108 valence electrons. The van der Waals surface area contributed by atoms with Gasteiger partial charge in [0.15, 0.2) is 0 Å². The second-order valence-corrected chi connectivity index (χ2v) is 3.99. The highest BCUT2D eigenvalue weighted by atomic mass is 16.6. The van der Waals surface area contributed by atoms with Gasteiger partial charge in [0.2, 0.25) is 0 Å². The predicted octanol–water partition coefficient (Wildman–Crippen LogP) is 2.36. The van der Waals surface area contributed by atoms with Crippen LogP contribution in [0.1, 0.15) is 12.7 Å². The number of imidazole rings is 1. The quantitative estimate of drug-likeness (QED) is 0.364. The van der Waals surface area contributed by atoms with E-state index < -0.39 is 10.9 Å². The van der Waals surface area contributed by atoms with Crippen LogP contribution in [-0.4, -0.2) is 27.1 Å². The summed E-state index contributed by atoms with van der Waals surface area (Å²) in [4.78, 5) is 26.0. The first-order valence-electron chi connectivity index (χ1n) is 6.25. The van der Waals surface area contributed by atoms with Gasteiger partial charge in [-0.05, 0) is 19.1 Å². The van der Waals surface area contributed by atoms with Gasteiger partial charge in [-0.2, -0.15) is 0 Å². The van der Waals surface area contributed by atoms with Crippen LogP contribution in [0.3, 0.4) is 0 Å². The van der Waals surface area contributed by atoms with Crippen LogP contribution in [0.2, 0.25) is 0 Å². The highest BCUT2D eigenvalue weighted by molar-refractivity contribution is 5.86. The first-order valence-corrected chi connectivity index (χ1v) is 6.25. The second kappa shape index (κ2) is 6.47. The Kier molecular flexibility index (Phi) is 4.45. The first-order chi connectivity index (χ1) is 10.1. The number of carbonyl (C=O) groups excluding carboxylic acids is 1. The van der Waals surface area contributed by atoms with Crippen molar-refractivity contribution in [2.45, 2.75) is 6.92 Å². The predicted molar refractivity (Wildman–Crippen MR) is 75.9 cm³/mol. The molecule has 7 nitrogen and oxygen atoms in total. The molecule has 0 spiro atoms. The van der Waals surface area contributed by atoms with Crippen molar-refractivity contribution in [2.24, 2.45) is 0 Å². The lowest BCUT2D eigenvalue weighted by Gasteiger charge is -2.05. The van der Waals surface area contributed by atoms with E-state index in [1.165, 1.54) is 29.0 Å². The summed E-state index contributed by atoms with van der Waals surface area (Å²) in [5, 5.41) is 11.1. The number of nitro groups is 1. The molecule has 0 aliphatic heterocycles.